The van der Waals surface area contributed by atoms with Crippen molar-refractivity contribution in [2.24, 2.45) is 5.92 Å². The highest BCUT2D eigenvalue weighted by Gasteiger charge is 2.29. The molecule has 1 aliphatic rings. The van der Waals surface area contributed by atoms with Crippen LogP contribution in [0.5, 0.6) is 0 Å². The fourth-order valence-corrected chi connectivity index (χ4v) is 3.23. The van der Waals surface area contributed by atoms with Crippen LogP contribution < -0.4 is 0 Å². The molecule has 1 fully saturated rings. The van der Waals surface area contributed by atoms with Crippen LogP contribution in [-0.4, -0.2) is 44.9 Å². The zero-order valence-electron chi connectivity index (χ0n) is 13.8. The van der Waals surface area contributed by atoms with E-state index in [0.29, 0.717) is 37.0 Å². The number of aliphatic hydroxyl groups excluding tert-OH is 1. The lowest BCUT2D eigenvalue weighted by molar-refractivity contribution is 0.0446. The number of rotatable bonds is 5. The van der Waals surface area contributed by atoms with Gasteiger partial charge in [-0.1, -0.05) is 30.3 Å². The highest BCUT2D eigenvalue weighted by Crippen LogP contribution is 2.24. The Kier molecular flexibility index (Phi) is 5.43. The maximum Gasteiger partial charge on any atom is 0.333 e. The molecule has 1 atom stereocenters. The van der Waals surface area contributed by atoms with Gasteiger partial charge in [-0.05, 0) is 36.8 Å². The summed E-state index contributed by atoms with van der Waals surface area (Å²) in [5, 5.41) is 14.1. The van der Waals surface area contributed by atoms with Crippen LogP contribution in [0.2, 0.25) is 0 Å². The van der Waals surface area contributed by atoms with Gasteiger partial charge < -0.3 is 10.0 Å². The Labute approximate surface area is 144 Å². The number of benzene rings is 1. The third kappa shape index (κ3) is 4.22. The molecule has 1 aliphatic heterocycles. The van der Waals surface area contributed by atoms with Crippen molar-refractivity contribution in [2.75, 3.05) is 13.1 Å². The smallest absolute Gasteiger partial charge is 0.333 e. The molecule has 1 amide bonds. The summed E-state index contributed by atoms with van der Waals surface area (Å²) >= 11 is 0. The number of aromatic nitrogens is 2. The van der Waals surface area contributed by atoms with E-state index in [9.17, 15) is 18.7 Å². The molecule has 0 unspecified atom stereocenters. The van der Waals surface area contributed by atoms with E-state index in [0.717, 1.165) is 11.8 Å². The van der Waals surface area contributed by atoms with Crippen molar-refractivity contribution in [3.05, 3.63) is 53.9 Å². The molecule has 0 radical (unpaired) electrons. The number of nitrogens with zero attached hydrogens (tertiary/aromatic N) is 3. The predicted molar refractivity (Wildman–Crippen MR) is 88.3 cm³/mol. The lowest BCUT2D eigenvalue weighted by Crippen LogP contribution is -2.41. The van der Waals surface area contributed by atoms with Crippen LogP contribution in [-0.2, 0) is 6.42 Å². The van der Waals surface area contributed by atoms with Gasteiger partial charge in [-0.3, -0.25) is 4.79 Å². The minimum atomic E-state index is -2.75. The Hall–Kier alpha value is -2.28. The summed E-state index contributed by atoms with van der Waals surface area (Å²) in [7, 11) is 0. The first-order chi connectivity index (χ1) is 12.0. The second-order valence-electron chi connectivity index (χ2n) is 6.35. The standard InChI is InChI=1S/C18H21F2N3O2/c19-18(20)23-11-8-15(21-23)17(25)22-9-6-14(7-10-22)16(24)12-13-4-2-1-3-5-13/h1-5,8,11,14,16,18,24H,6-7,9-10,12H2/t16-/m0/s1. The number of amides is 1. The largest absolute Gasteiger partial charge is 0.392 e. The number of piperidine rings is 1. The highest BCUT2D eigenvalue weighted by molar-refractivity contribution is 5.92. The van der Waals surface area contributed by atoms with Gasteiger partial charge in [0, 0.05) is 19.3 Å². The molecule has 0 saturated carbocycles. The lowest BCUT2D eigenvalue weighted by atomic mass is 9.88. The quantitative estimate of drug-likeness (QED) is 0.903. The molecule has 3 rings (SSSR count). The average molecular weight is 349 g/mol. The van der Waals surface area contributed by atoms with Crippen LogP contribution in [0.25, 0.3) is 0 Å². The molecule has 1 saturated heterocycles. The maximum absolute atomic E-state index is 12.6. The van der Waals surface area contributed by atoms with Gasteiger partial charge in [0.15, 0.2) is 5.69 Å². The summed E-state index contributed by atoms with van der Waals surface area (Å²) in [5.74, 6) is -0.210. The van der Waals surface area contributed by atoms with Gasteiger partial charge in [-0.15, -0.1) is 0 Å². The Morgan fingerprint density at radius 3 is 2.48 bits per heavy atom. The van der Waals surface area contributed by atoms with E-state index in [1.54, 1.807) is 4.90 Å². The first kappa shape index (κ1) is 17.5. The van der Waals surface area contributed by atoms with Crippen molar-refractivity contribution >= 4 is 5.91 Å². The molecule has 0 aliphatic carbocycles. The predicted octanol–water partition coefficient (Wildman–Crippen LogP) is 2.73. The second kappa shape index (κ2) is 7.74. The molecule has 1 aromatic carbocycles. The van der Waals surface area contributed by atoms with E-state index < -0.39 is 12.7 Å². The zero-order chi connectivity index (χ0) is 17.8. The minimum absolute atomic E-state index is 0.0311. The number of likely N-dealkylation sites (tertiary alicyclic amines) is 1. The van der Waals surface area contributed by atoms with Crippen LogP contribution in [0.4, 0.5) is 8.78 Å². The monoisotopic (exact) mass is 349 g/mol. The first-order valence-corrected chi connectivity index (χ1v) is 8.39. The van der Waals surface area contributed by atoms with Crippen LogP contribution in [0, 0.1) is 5.92 Å². The lowest BCUT2D eigenvalue weighted by Gasteiger charge is -2.34. The molecule has 2 heterocycles. The van der Waals surface area contributed by atoms with Gasteiger partial charge in [-0.2, -0.15) is 13.9 Å². The van der Waals surface area contributed by atoms with Crippen LogP contribution in [0.1, 0.15) is 35.4 Å². The minimum Gasteiger partial charge on any atom is -0.392 e. The molecular formula is C18H21F2N3O2. The molecule has 134 valence electrons. The van der Waals surface area contributed by atoms with Gasteiger partial charge in [0.25, 0.3) is 5.91 Å². The van der Waals surface area contributed by atoms with Crippen molar-refractivity contribution in [2.45, 2.75) is 31.9 Å². The van der Waals surface area contributed by atoms with Crippen LogP contribution in [0.15, 0.2) is 42.6 Å². The molecule has 1 aromatic heterocycles. The van der Waals surface area contributed by atoms with Crippen molar-refractivity contribution in [1.29, 1.82) is 0 Å². The van der Waals surface area contributed by atoms with Gasteiger partial charge in [-0.25, -0.2) is 4.68 Å². The van der Waals surface area contributed by atoms with Crippen LogP contribution >= 0.6 is 0 Å². The third-order valence-corrected chi connectivity index (χ3v) is 4.69. The van der Waals surface area contributed by atoms with E-state index in [1.807, 2.05) is 30.3 Å². The van der Waals surface area contributed by atoms with E-state index in [4.69, 9.17) is 0 Å². The van der Waals surface area contributed by atoms with E-state index in [1.165, 1.54) is 6.07 Å². The number of carbonyl (C=O) groups excluding carboxylic acids is 1. The van der Waals surface area contributed by atoms with Crippen molar-refractivity contribution in [3.63, 3.8) is 0 Å². The number of alkyl halides is 2. The van der Waals surface area contributed by atoms with E-state index in [-0.39, 0.29) is 17.5 Å². The van der Waals surface area contributed by atoms with E-state index >= 15 is 0 Å². The van der Waals surface area contributed by atoms with E-state index in [2.05, 4.69) is 5.10 Å². The molecule has 1 N–H and O–H groups in total. The molecule has 5 nitrogen and oxygen atoms in total. The number of halogens is 2. The van der Waals surface area contributed by atoms with Gasteiger partial charge >= 0.3 is 6.55 Å². The summed E-state index contributed by atoms with van der Waals surface area (Å²) in [6.07, 6.45) is 2.63. The van der Waals surface area contributed by atoms with Crippen molar-refractivity contribution < 1.29 is 18.7 Å². The SMILES string of the molecule is O=C(c1ccn(C(F)F)n1)N1CCC([C@@H](O)Cc2ccccc2)CC1. The normalized spacial score (nSPS) is 17.0. The zero-order valence-corrected chi connectivity index (χ0v) is 13.8. The van der Waals surface area contributed by atoms with Crippen LogP contribution in [0.3, 0.4) is 0 Å². The molecule has 0 spiro atoms. The summed E-state index contributed by atoms with van der Waals surface area (Å²) in [5.41, 5.74) is 1.12. The third-order valence-electron chi connectivity index (χ3n) is 4.69. The van der Waals surface area contributed by atoms with Gasteiger partial charge in [0.1, 0.15) is 0 Å². The molecule has 7 heteroatoms. The maximum atomic E-state index is 12.6. The average Bonchev–Trinajstić information content (AvgIpc) is 3.12. The Balaban J connectivity index is 1.53. The molecular weight excluding hydrogens is 328 g/mol. The van der Waals surface area contributed by atoms with Crippen molar-refractivity contribution in [1.82, 2.24) is 14.7 Å². The fourth-order valence-electron chi connectivity index (χ4n) is 3.23. The first-order valence-electron chi connectivity index (χ1n) is 8.39. The number of aliphatic hydroxyl groups is 1. The fraction of sp³-hybridized carbons (Fsp3) is 0.444. The Morgan fingerprint density at radius 1 is 1.20 bits per heavy atom. The van der Waals surface area contributed by atoms with Gasteiger partial charge in [0.2, 0.25) is 0 Å². The topological polar surface area (TPSA) is 58.4 Å². The summed E-state index contributed by atoms with van der Waals surface area (Å²) in [6.45, 7) is -1.76. The molecule has 25 heavy (non-hydrogen) atoms. The Morgan fingerprint density at radius 2 is 1.88 bits per heavy atom. The molecule has 0 bridgehead atoms. The number of hydrogen-bond donors (Lipinski definition) is 1. The number of carbonyl (C=O) groups is 1. The molecule has 2 aromatic rings. The summed E-state index contributed by atoms with van der Waals surface area (Å²) in [4.78, 5) is 14.0. The second-order valence-corrected chi connectivity index (χ2v) is 6.35. The van der Waals surface area contributed by atoms with Crippen molar-refractivity contribution in [3.8, 4) is 0 Å². The Bertz CT molecular complexity index is 697. The highest BCUT2D eigenvalue weighted by atomic mass is 19.3. The number of hydrogen-bond acceptors (Lipinski definition) is 3. The van der Waals surface area contributed by atoms with Gasteiger partial charge in [0.05, 0.1) is 6.10 Å². The summed E-state index contributed by atoms with van der Waals surface area (Å²) < 4.78 is 25.6. The summed E-state index contributed by atoms with van der Waals surface area (Å²) in [6, 6.07) is 11.1.